The van der Waals surface area contributed by atoms with Crippen LogP contribution in [0.5, 0.6) is 0 Å². The third-order valence-electron chi connectivity index (χ3n) is 2.58. The lowest BCUT2D eigenvalue weighted by Gasteiger charge is -2.07. The summed E-state index contributed by atoms with van der Waals surface area (Å²) in [6, 6.07) is 3.38. The van der Waals surface area contributed by atoms with E-state index in [9.17, 15) is 4.79 Å². The van der Waals surface area contributed by atoms with Gasteiger partial charge in [-0.25, -0.2) is 9.67 Å². The molecule has 2 aromatic rings. The summed E-state index contributed by atoms with van der Waals surface area (Å²) in [7, 11) is 3.37. The molecule has 6 nitrogen and oxygen atoms in total. The highest BCUT2D eigenvalue weighted by molar-refractivity contribution is 5.91. The lowest BCUT2D eigenvalue weighted by atomic mass is 10.2. The molecule has 0 saturated carbocycles. The van der Waals surface area contributed by atoms with Crippen molar-refractivity contribution in [1.29, 1.82) is 0 Å². The monoisotopic (exact) mass is 245 g/mol. The van der Waals surface area contributed by atoms with Gasteiger partial charge in [0.1, 0.15) is 0 Å². The van der Waals surface area contributed by atoms with Gasteiger partial charge >= 0.3 is 0 Å². The quantitative estimate of drug-likeness (QED) is 0.851. The number of nitrogens with zero attached hydrogens (tertiary/aromatic N) is 4. The minimum absolute atomic E-state index is 0.145. The van der Waals surface area contributed by atoms with Crippen LogP contribution in [0.15, 0.2) is 24.5 Å². The third kappa shape index (κ3) is 2.17. The number of anilines is 1. The minimum Gasteiger partial charge on any atom is -0.398 e. The Bertz CT molecular complexity index is 588. The van der Waals surface area contributed by atoms with Crippen molar-refractivity contribution in [2.45, 2.75) is 6.92 Å². The number of amides is 1. The SMILES string of the molecule is Cc1cnc(-n2ccc(C(=O)N(C)C)n2)cc1N. The van der Waals surface area contributed by atoms with E-state index < -0.39 is 0 Å². The highest BCUT2D eigenvalue weighted by Gasteiger charge is 2.12. The summed E-state index contributed by atoms with van der Waals surface area (Å²) >= 11 is 0. The van der Waals surface area contributed by atoms with Gasteiger partial charge in [-0.05, 0) is 18.6 Å². The number of hydrogen-bond acceptors (Lipinski definition) is 4. The van der Waals surface area contributed by atoms with Gasteiger partial charge in [0.25, 0.3) is 5.91 Å². The van der Waals surface area contributed by atoms with Crippen LogP contribution >= 0.6 is 0 Å². The van der Waals surface area contributed by atoms with E-state index in [1.807, 2.05) is 6.92 Å². The van der Waals surface area contributed by atoms with Gasteiger partial charge in [0.05, 0.1) is 0 Å². The maximum Gasteiger partial charge on any atom is 0.273 e. The van der Waals surface area contributed by atoms with Crippen molar-refractivity contribution in [3.63, 3.8) is 0 Å². The zero-order valence-corrected chi connectivity index (χ0v) is 10.6. The van der Waals surface area contributed by atoms with E-state index in [1.165, 1.54) is 9.58 Å². The van der Waals surface area contributed by atoms with E-state index >= 15 is 0 Å². The van der Waals surface area contributed by atoms with Gasteiger partial charge in [-0.3, -0.25) is 4.79 Å². The van der Waals surface area contributed by atoms with Crippen molar-refractivity contribution in [3.8, 4) is 5.82 Å². The van der Waals surface area contributed by atoms with Crippen molar-refractivity contribution in [3.05, 3.63) is 35.8 Å². The molecule has 0 bridgehead atoms. The molecule has 2 N–H and O–H groups in total. The van der Waals surface area contributed by atoms with E-state index in [1.54, 1.807) is 38.6 Å². The molecular formula is C12H15N5O. The summed E-state index contributed by atoms with van der Waals surface area (Å²) in [6.07, 6.45) is 3.37. The zero-order chi connectivity index (χ0) is 13.3. The maximum atomic E-state index is 11.7. The lowest BCUT2D eigenvalue weighted by molar-refractivity contribution is 0.0821. The van der Waals surface area contributed by atoms with E-state index in [2.05, 4.69) is 10.1 Å². The van der Waals surface area contributed by atoms with Crippen LogP contribution in [0.2, 0.25) is 0 Å². The fourth-order valence-corrected chi connectivity index (χ4v) is 1.45. The molecule has 0 radical (unpaired) electrons. The number of hydrogen-bond donors (Lipinski definition) is 1. The van der Waals surface area contributed by atoms with Crippen LogP contribution in [-0.2, 0) is 0 Å². The molecule has 0 spiro atoms. The van der Waals surface area contributed by atoms with E-state index in [-0.39, 0.29) is 5.91 Å². The van der Waals surface area contributed by atoms with Gasteiger partial charge in [-0.15, -0.1) is 0 Å². The number of aryl methyl sites for hydroxylation is 1. The highest BCUT2D eigenvalue weighted by Crippen LogP contribution is 2.13. The molecule has 2 aromatic heterocycles. The van der Waals surface area contributed by atoms with Crippen LogP contribution in [-0.4, -0.2) is 39.7 Å². The van der Waals surface area contributed by atoms with Crippen molar-refractivity contribution in [2.75, 3.05) is 19.8 Å². The number of nitrogen functional groups attached to an aromatic ring is 1. The van der Waals surface area contributed by atoms with Crippen molar-refractivity contribution in [1.82, 2.24) is 19.7 Å². The maximum absolute atomic E-state index is 11.7. The Labute approximate surface area is 105 Å². The molecule has 0 aliphatic heterocycles. The number of aromatic nitrogens is 3. The molecule has 94 valence electrons. The van der Waals surface area contributed by atoms with Crippen molar-refractivity contribution < 1.29 is 4.79 Å². The van der Waals surface area contributed by atoms with Crippen LogP contribution in [0.3, 0.4) is 0 Å². The molecule has 6 heteroatoms. The largest absolute Gasteiger partial charge is 0.398 e. The molecule has 0 aliphatic rings. The number of carbonyl (C=O) groups is 1. The Morgan fingerprint density at radius 1 is 1.44 bits per heavy atom. The van der Waals surface area contributed by atoms with Crippen molar-refractivity contribution in [2.24, 2.45) is 0 Å². The first-order valence-electron chi connectivity index (χ1n) is 5.49. The van der Waals surface area contributed by atoms with Gasteiger partial charge in [0.15, 0.2) is 11.5 Å². The average molecular weight is 245 g/mol. The Morgan fingerprint density at radius 2 is 2.17 bits per heavy atom. The molecule has 18 heavy (non-hydrogen) atoms. The Hall–Kier alpha value is -2.37. The molecule has 0 aromatic carbocycles. The number of pyridine rings is 1. The number of nitrogens with two attached hydrogens (primary N) is 1. The van der Waals surface area contributed by atoms with Crippen LogP contribution in [0, 0.1) is 6.92 Å². The van der Waals surface area contributed by atoms with Gasteiger partial charge in [-0.2, -0.15) is 5.10 Å². The topological polar surface area (TPSA) is 77.0 Å². The minimum atomic E-state index is -0.145. The number of rotatable bonds is 2. The zero-order valence-electron chi connectivity index (χ0n) is 10.6. The fraction of sp³-hybridized carbons (Fsp3) is 0.250. The first-order chi connectivity index (χ1) is 8.49. The van der Waals surface area contributed by atoms with Crippen LogP contribution in [0.4, 0.5) is 5.69 Å². The van der Waals surface area contributed by atoms with Crippen molar-refractivity contribution >= 4 is 11.6 Å². The second-order valence-electron chi connectivity index (χ2n) is 4.24. The summed E-state index contributed by atoms with van der Waals surface area (Å²) in [4.78, 5) is 17.4. The molecule has 0 unspecified atom stereocenters. The lowest BCUT2D eigenvalue weighted by Crippen LogP contribution is -2.22. The smallest absolute Gasteiger partial charge is 0.273 e. The second kappa shape index (κ2) is 4.48. The Kier molecular flexibility index (Phi) is 3.01. The average Bonchev–Trinajstić information content (AvgIpc) is 2.81. The number of carbonyl (C=O) groups excluding carboxylic acids is 1. The van der Waals surface area contributed by atoms with Crippen LogP contribution < -0.4 is 5.73 Å². The summed E-state index contributed by atoms with van der Waals surface area (Å²) in [5.41, 5.74) is 7.75. The second-order valence-corrected chi connectivity index (χ2v) is 4.24. The highest BCUT2D eigenvalue weighted by atomic mass is 16.2. The Balaban J connectivity index is 2.35. The molecule has 0 fully saturated rings. The molecule has 0 atom stereocenters. The predicted molar refractivity (Wildman–Crippen MR) is 68.5 cm³/mol. The third-order valence-corrected chi connectivity index (χ3v) is 2.58. The Morgan fingerprint density at radius 3 is 2.78 bits per heavy atom. The van der Waals surface area contributed by atoms with E-state index in [0.717, 1.165) is 5.56 Å². The van der Waals surface area contributed by atoms with Gasteiger partial charge < -0.3 is 10.6 Å². The molecule has 0 saturated heterocycles. The van der Waals surface area contributed by atoms with Crippen LogP contribution in [0.1, 0.15) is 16.1 Å². The van der Waals surface area contributed by atoms with Crippen LogP contribution in [0.25, 0.3) is 5.82 Å². The molecule has 0 aliphatic carbocycles. The van der Waals surface area contributed by atoms with Gasteiger partial charge in [0, 0.05) is 38.2 Å². The molecule has 2 heterocycles. The van der Waals surface area contributed by atoms with Gasteiger partial charge in [0.2, 0.25) is 0 Å². The van der Waals surface area contributed by atoms with E-state index in [4.69, 9.17) is 5.73 Å². The summed E-state index contributed by atoms with van der Waals surface area (Å²) < 4.78 is 1.53. The first kappa shape index (κ1) is 12.1. The van der Waals surface area contributed by atoms with Gasteiger partial charge in [-0.1, -0.05) is 0 Å². The molecular weight excluding hydrogens is 230 g/mol. The normalized spacial score (nSPS) is 10.4. The fourth-order valence-electron chi connectivity index (χ4n) is 1.45. The summed E-state index contributed by atoms with van der Waals surface area (Å²) in [6.45, 7) is 1.89. The predicted octanol–water partition coefficient (Wildman–Crippen LogP) is 0.860. The first-order valence-corrected chi connectivity index (χ1v) is 5.49. The molecule has 2 rings (SSSR count). The standard InChI is InChI=1S/C12H15N5O/c1-8-7-14-11(6-9(8)13)17-5-4-10(15-17)12(18)16(2)3/h4-7H,1-3H3,(H2,13,14). The van der Waals surface area contributed by atoms with E-state index in [0.29, 0.717) is 17.2 Å². The summed E-state index contributed by atoms with van der Waals surface area (Å²) in [5, 5.41) is 4.18. The molecule has 1 amide bonds. The summed E-state index contributed by atoms with van der Waals surface area (Å²) in [5.74, 6) is 0.449.